The number of nitrogens with zero attached hydrogens (tertiary/aromatic N) is 3. The van der Waals surface area contributed by atoms with Crippen molar-refractivity contribution in [2.24, 2.45) is 0 Å². The minimum Gasteiger partial charge on any atom is -0.497 e. The lowest BCUT2D eigenvalue weighted by atomic mass is 9.92. The average Bonchev–Trinajstić information content (AvgIpc) is 3.08. The van der Waals surface area contributed by atoms with E-state index >= 15 is 0 Å². The Morgan fingerprint density at radius 1 is 1.03 bits per heavy atom. The molecule has 4 rings (SSSR count). The van der Waals surface area contributed by atoms with Gasteiger partial charge in [0, 0.05) is 26.2 Å². The number of imide groups is 1. The number of ether oxygens (including phenoxy) is 1. The van der Waals surface area contributed by atoms with Crippen LogP contribution in [0.25, 0.3) is 0 Å². The summed E-state index contributed by atoms with van der Waals surface area (Å²) in [6.07, 6.45) is 0. The quantitative estimate of drug-likeness (QED) is 0.590. The summed E-state index contributed by atoms with van der Waals surface area (Å²) in [5, 5.41) is 2.65. The molecule has 35 heavy (non-hydrogen) atoms. The van der Waals surface area contributed by atoms with Gasteiger partial charge in [-0.1, -0.05) is 12.1 Å². The number of sulfonamides is 1. The van der Waals surface area contributed by atoms with Crippen LogP contribution in [0.4, 0.5) is 9.18 Å². The summed E-state index contributed by atoms with van der Waals surface area (Å²) in [6, 6.07) is 10.5. The van der Waals surface area contributed by atoms with Crippen LogP contribution in [0.3, 0.4) is 0 Å². The number of carbonyl (C=O) groups is 3. The molecule has 0 unspecified atom stereocenters. The monoisotopic (exact) mass is 504 g/mol. The predicted octanol–water partition coefficient (Wildman–Crippen LogP) is 1.13. The van der Waals surface area contributed by atoms with Crippen LogP contribution in [0.15, 0.2) is 53.4 Å². The maximum atomic E-state index is 13.1. The Morgan fingerprint density at radius 3 is 2.20 bits per heavy atom. The fraction of sp³-hybridized carbons (Fsp3) is 0.348. The molecule has 2 heterocycles. The number of rotatable bonds is 6. The summed E-state index contributed by atoms with van der Waals surface area (Å²) in [5.41, 5.74) is -0.780. The second-order valence-electron chi connectivity index (χ2n) is 8.41. The van der Waals surface area contributed by atoms with E-state index in [1.165, 1.54) is 28.4 Å². The van der Waals surface area contributed by atoms with Crippen molar-refractivity contribution in [2.45, 2.75) is 17.4 Å². The standard InChI is InChI=1S/C23H25FN4O6S/c1-23(16-3-7-18(34-2)8-4-16)21(30)28(22(31)25-23)15-20(29)26-11-13-27(14-12-26)35(32,33)19-9-5-17(24)6-10-19/h3-10H,11-15H2,1-2H3,(H,25,31)/t23-/m1/s1. The van der Waals surface area contributed by atoms with Gasteiger partial charge in [-0.15, -0.1) is 0 Å². The number of amides is 4. The van der Waals surface area contributed by atoms with Gasteiger partial charge in [0.25, 0.3) is 5.91 Å². The zero-order valence-electron chi connectivity index (χ0n) is 19.2. The molecule has 2 aliphatic rings. The average molecular weight is 505 g/mol. The summed E-state index contributed by atoms with van der Waals surface area (Å²) < 4.78 is 45.0. The second kappa shape index (κ2) is 9.27. The molecule has 2 aromatic rings. The Bertz CT molecular complexity index is 1240. The van der Waals surface area contributed by atoms with Gasteiger partial charge < -0.3 is 15.0 Å². The highest BCUT2D eigenvalue weighted by Gasteiger charge is 2.49. The lowest BCUT2D eigenvalue weighted by molar-refractivity contribution is -0.139. The summed E-state index contributed by atoms with van der Waals surface area (Å²) in [6.45, 7) is 1.38. The predicted molar refractivity (Wildman–Crippen MR) is 122 cm³/mol. The minimum absolute atomic E-state index is 0.0316. The molecule has 0 bridgehead atoms. The first kappa shape index (κ1) is 24.6. The molecule has 2 fully saturated rings. The number of piperazine rings is 1. The molecular formula is C23H25FN4O6S. The van der Waals surface area contributed by atoms with Gasteiger partial charge in [0.1, 0.15) is 23.7 Å². The van der Waals surface area contributed by atoms with Crippen molar-refractivity contribution in [3.8, 4) is 5.75 Å². The first-order chi connectivity index (χ1) is 16.6. The fourth-order valence-corrected chi connectivity index (χ4v) is 5.55. The van der Waals surface area contributed by atoms with E-state index in [1.54, 1.807) is 31.2 Å². The lowest BCUT2D eigenvalue weighted by Gasteiger charge is -2.34. The van der Waals surface area contributed by atoms with Crippen molar-refractivity contribution in [1.82, 2.24) is 19.4 Å². The number of nitrogens with one attached hydrogen (secondary N) is 1. The number of benzene rings is 2. The van der Waals surface area contributed by atoms with Gasteiger partial charge in [-0.25, -0.2) is 17.6 Å². The summed E-state index contributed by atoms with van der Waals surface area (Å²) in [7, 11) is -2.31. The maximum Gasteiger partial charge on any atom is 0.325 e. The zero-order chi connectivity index (χ0) is 25.4. The van der Waals surface area contributed by atoms with Gasteiger partial charge in [0.15, 0.2) is 0 Å². The number of hydrogen-bond acceptors (Lipinski definition) is 6. The smallest absolute Gasteiger partial charge is 0.325 e. The van der Waals surface area contributed by atoms with E-state index in [0.717, 1.165) is 17.0 Å². The van der Waals surface area contributed by atoms with Gasteiger partial charge in [-0.2, -0.15) is 4.31 Å². The zero-order valence-corrected chi connectivity index (χ0v) is 20.0. The van der Waals surface area contributed by atoms with E-state index in [1.807, 2.05) is 0 Å². The van der Waals surface area contributed by atoms with Gasteiger partial charge in [-0.05, 0) is 48.9 Å². The molecule has 2 aliphatic heterocycles. The molecule has 12 heteroatoms. The Morgan fingerprint density at radius 2 is 1.63 bits per heavy atom. The van der Waals surface area contributed by atoms with Crippen LogP contribution in [0.1, 0.15) is 12.5 Å². The molecule has 2 aromatic carbocycles. The number of hydrogen-bond donors (Lipinski definition) is 1. The number of urea groups is 1. The van der Waals surface area contributed by atoms with Crippen LogP contribution < -0.4 is 10.1 Å². The van der Waals surface area contributed by atoms with Crippen LogP contribution in [0, 0.1) is 5.82 Å². The number of methoxy groups -OCH3 is 1. The summed E-state index contributed by atoms with van der Waals surface area (Å²) >= 11 is 0. The molecule has 1 N–H and O–H groups in total. The van der Waals surface area contributed by atoms with Crippen molar-refractivity contribution in [2.75, 3.05) is 39.8 Å². The molecule has 1 atom stereocenters. The Kier molecular flexibility index (Phi) is 6.52. The van der Waals surface area contributed by atoms with Crippen molar-refractivity contribution in [3.05, 3.63) is 59.9 Å². The van der Waals surface area contributed by atoms with Gasteiger partial charge in [0.05, 0.1) is 12.0 Å². The van der Waals surface area contributed by atoms with E-state index in [0.29, 0.717) is 11.3 Å². The first-order valence-electron chi connectivity index (χ1n) is 10.9. The van der Waals surface area contributed by atoms with E-state index in [4.69, 9.17) is 4.74 Å². The van der Waals surface area contributed by atoms with E-state index in [2.05, 4.69) is 5.32 Å². The molecule has 4 amide bonds. The molecular weight excluding hydrogens is 479 g/mol. The third-order valence-corrected chi connectivity index (χ3v) is 8.19. The van der Waals surface area contributed by atoms with Crippen LogP contribution in [-0.4, -0.2) is 80.2 Å². The third kappa shape index (κ3) is 4.58. The highest BCUT2D eigenvalue weighted by Crippen LogP contribution is 2.30. The van der Waals surface area contributed by atoms with E-state index in [-0.39, 0.29) is 31.1 Å². The SMILES string of the molecule is COc1ccc([C@@]2(C)NC(=O)N(CC(=O)N3CCN(S(=O)(=O)c4ccc(F)cc4)CC3)C2=O)cc1. The molecule has 2 saturated heterocycles. The van der Waals surface area contributed by atoms with Crippen molar-refractivity contribution in [1.29, 1.82) is 0 Å². The van der Waals surface area contributed by atoms with E-state index < -0.39 is 45.8 Å². The lowest BCUT2D eigenvalue weighted by Crippen LogP contribution is -2.53. The van der Waals surface area contributed by atoms with Crippen LogP contribution >= 0.6 is 0 Å². The van der Waals surface area contributed by atoms with Crippen LogP contribution in [-0.2, 0) is 25.2 Å². The molecule has 0 aromatic heterocycles. The topological polar surface area (TPSA) is 116 Å². The minimum atomic E-state index is -3.83. The number of halogens is 1. The van der Waals surface area contributed by atoms with Crippen molar-refractivity contribution >= 4 is 27.9 Å². The third-order valence-electron chi connectivity index (χ3n) is 6.28. The van der Waals surface area contributed by atoms with Crippen molar-refractivity contribution in [3.63, 3.8) is 0 Å². The van der Waals surface area contributed by atoms with Gasteiger partial charge >= 0.3 is 6.03 Å². The maximum absolute atomic E-state index is 13.1. The Labute approximate surface area is 202 Å². The molecule has 0 radical (unpaired) electrons. The van der Waals surface area contributed by atoms with Gasteiger partial charge in [-0.3, -0.25) is 14.5 Å². The number of carbonyl (C=O) groups excluding carboxylic acids is 3. The highest BCUT2D eigenvalue weighted by atomic mass is 32.2. The second-order valence-corrected chi connectivity index (χ2v) is 10.4. The summed E-state index contributed by atoms with van der Waals surface area (Å²) in [5.74, 6) is -0.963. The molecule has 10 nitrogen and oxygen atoms in total. The summed E-state index contributed by atoms with van der Waals surface area (Å²) in [4.78, 5) is 40.8. The molecule has 0 saturated carbocycles. The Hall–Kier alpha value is -3.51. The normalized spacial score (nSPS) is 21.2. The molecule has 186 valence electrons. The van der Waals surface area contributed by atoms with Crippen LogP contribution in [0.5, 0.6) is 5.75 Å². The fourth-order valence-electron chi connectivity index (χ4n) is 4.13. The van der Waals surface area contributed by atoms with Gasteiger partial charge in [0.2, 0.25) is 15.9 Å². The Balaban J connectivity index is 1.39. The van der Waals surface area contributed by atoms with Crippen molar-refractivity contribution < 1.29 is 31.9 Å². The molecule has 0 spiro atoms. The van der Waals surface area contributed by atoms with Crippen LogP contribution in [0.2, 0.25) is 0 Å². The molecule has 0 aliphatic carbocycles. The highest BCUT2D eigenvalue weighted by molar-refractivity contribution is 7.89. The van der Waals surface area contributed by atoms with E-state index in [9.17, 15) is 27.2 Å². The largest absolute Gasteiger partial charge is 0.497 e. The first-order valence-corrected chi connectivity index (χ1v) is 12.3.